The van der Waals surface area contributed by atoms with Crippen molar-refractivity contribution in [2.45, 2.75) is 39.5 Å². The lowest BCUT2D eigenvalue weighted by atomic mass is 9.87. The van der Waals surface area contributed by atoms with E-state index in [1.807, 2.05) is 0 Å². The fourth-order valence-corrected chi connectivity index (χ4v) is 1.44. The number of allylic oxidation sites excluding steroid dienone is 4. The van der Waals surface area contributed by atoms with E-state index in [2.05, 4.69) is 38.2 Å². The van der Waals surface area contributed by atoms with E-state index < -0.39 is 0 Å². The minimum atomic E-state index is 0.423. The van der Waals surface area contributed by atoms with Crippen molar-refractivity contribution < 1.29 is 0 Å². The molecule has 0 aromatic rings. The van der Waals surface area contributed by atoms with Crippen molar-refractivity contribution in [1.82, 2.24) is 0 Å². The van der Waals surface area contributed by atoms with Gasteiger partial charge in [0.1, 0.15) is 0 Å². The summed E-state index contributed by atoms with van der Waals surface area (Å²) in [6.45, 7) is 4.63. The van der Waals surface area contributed by atoms with E-state index in [1.54, 1.807) is 0 Å². The maximum Gasteiger partial charge on any atom is -0.0169 e. The summed E-state index contributed by atoms with van der Waals surface area (Å²) in [4.78, 5) is 0. The second-order valence-corrected chi connectivity index (χ2v) is 3.99. The van der Waals surface area contributed by atoms with Crippen LogP contribution in [0, 0.1) is 5.41 Å². The highest BCUT2D eigenvalue weighted by molar-refractivity contribution is 5.01. The Bertz CT molecular complexity index is 161. The van der Waals surface area contributed by atoms with Gasteiger partial charge in [-0.15, -0.1) is 0 Å². The van der Waals surface area contributed by atoms with Crippen LogP contribution in [-0.2, 0) is 0 Å². The summed E-state index contributed by atoms with van der Waals surface area (Å²) in [6.07, 6.45) is 14.2. The van der Waals surface area contributed by atoms with Gasteiger partial charge in [-0.2, -0.15) is 0 Å². The van der Waals surface area contributed by atoms with Crippen LogP contribution in [0.1, 0.15) is 39.5 Å². The van der Waals surface area contributed by atoms with E-state index in [0.29, 0.717) is 5.41 Å². The summed E-state index contributed by atoms with van der Waals surface area (Å²) in [6, 6.07) is 0. The molecule has 0 bridgehead atoms. The lowest BCUT2D eigenvalue weighted by Gasteiger charge is -2.18. The summed E-state index contributed by atoms with van der Waals surface area (Å²) in [5, 5.41) is 0. The average Bonchev–Trinajstić information content (AvgIpc) is 2.00. The molecule has 0 heterocycles. The van der Waals surface area contributed by atoms with Crippen molar-refractivity contribution >= 4 is 0 Å². The number of hydrogen-bond donors (Lipinski definition) is 0. The first-order chi connectivity index (χ1) is 5.21. The molecule has 0 heteroatoms. The Morgan fingerprint density at radius 3 is 2.73 bits per heavy atom. The largest absolute Gasteiger partial charge is 0.0882 e. The van der Waals surface area contributed by atoms with Gasteiger partial charge in [0.05, 0.1) is 0 Å². The SMILES string of the molecule is CC1(C)C=CCC=CCCC1. The zero-order chi connectivity index (χ0) is 8.16. The van der Waals surface area contributed by atoms with Gasteiger partial charge in [0, 0.05) is 0 Å². The van der Waals surface area contributed by atoms with Crippen LogP contribution in [0.15, 0.2) is 24.3 Å². The van der Waals surface area contributed by atoms with Gasteiger partial charge in [0.2, 0.25) is 0 Å². The molecule has 0 saturated heterocycles. The van der Waals surface area contributed by atoms with Crippen LogP contribution in [0.4, 0.5) is 0 Å². The first kappa shape index (κ1) is 8.58. The molecule has 0 aromatic carbocycles. The Kier molecular flexibility index (Phi) is 2.92. The summed E-state index contributed by atoms with van der Waals surface area (Å²) in [7, 11) is 0. The molecule has 0 unspecified atom stereocenters. The van der Waals surface area contributed by atoms with Gasteiger partial charge < -0.3 is 0 Å². The zero-order valence-corrected chi connectivity index (χ0v) is 7.64. The molecule has 0 atom stereocenters. The van der Waals surface area contributed by atoms with Crippen molar-refractivity contribution in [3.63, 3.8) is 0 Å². The van der Waals surface area contributed by atoms with Crippen molar-refractivity contribution in [2.75, 3.05) is 0 Å². The highest BCUT2D eigenvalue weighted by Gasteiger charge is 2.12. The Morgan fingerprint density at radius 2 is 1.91 bits per heavy atom. The normalized spacial score (nSPS) is 23.8. The van der Waals surface area contributed by atoms with Crippen LogP contribution >= 0.6 is 0 Å². The quantitative estimate of drug-likeness (QED) is 0.462. The molecule has 62 valence electrons. The molecule has 0 fully saturated rings. The van der Waals surface area contributed by atoms with E-state index in [4.69, 9.17) is 0 Å². The predicted molar refractivity (Wildman–Crippen MR) is 50.5 cm³/mol. The fraction of sp³-hybridized carbons (Fsp3) is 0.636. The van der Waals surface area contributed by atoms with Crippen LogP contribution in [0.2, 0.25) is 0 Å². The van der Waals surface area contributed by atoms with E-state index >= 15 is 0 Å². The van der Waals surface area contributed by atoms with Crippen LogP contribution in [-0.4, -0.2) is 0 Å². The van der Waals surface area contributed by atoms with Gasteiger partial charge >= 0.3 is 0 Å². The van der Waals surface area contributed by atoms with Crippen molar-refractivity contribution in [3.8, 4) is 0 Å². The van der Waals surface area contributed by atoms with Gasteiger partial charge in [0.25, 0.3) is 0 Å². The minimum absolute atomic E-state index is 0.423. The van der Waals surface area contributed by atoms with Crippen molar-refractivity contribution in [3.05, 3.63) is 24.3 Å². The average molecular weight is 150 g/mol. The Labute approximate surface area is 70.0 Å². The van der Waals surface area contributed by atoms with Crippen LogP contribution in [0.25, 0.3) is 0 Å². The van der Waals surface area contributed by atoms with Crippen LogP contribution < -0.4 is 0 Å². The maximum absolute atomic E-state index is 2.35. The number of hydrogen-bond acceptors (Lipinski definition) is 0. The van der Waals surface area contributed by atoms with Crippen LogP contribution in [0.3, 0.4) is 0 Å². The Hall–Kier alpha value is -0.520. The Morgan fingerprint density at radius 1 is 1.09 bits per heavy atom. The summed E-state index contributed by atoms with van der Waals surface area (Å²) in [5.74, 6) is 0. The van der Waals surface area contributed by atoms with E-state index in [-0.39, 0.29) is 0 Å². The zero-order valence-electron chi connectivity index (χ0n) is 7.64. The minimum Gasteiger partial charge on any atom is -0.0882 e. The Balaban J connectivity index is 2.54. The van der Waals surface area contributed by atoms with E-state index in [1.165, 1.54) is 19.3 Å². The molecule has 0 amide bonds. The smallest absolute Gasteiger partial charge is 0.0169 e. The number of rotatable bonds is 0. The third kappa shape index (κ3) is 3.41. The maximum atomic E-state index is 2.35. The monoisotopic (exact) mass is 150 g/mol. The van der Waals surface area contributed by atoms with Gasteiger partial charge in [-0.05, 0) is 31.1 Å². The highest BCUT2D eigenvalue weighted by atomic mass is 14.2. The third-order valence-electron chi connectivity index (χ3n) is 2.20. The lowest BCUT2D eigenvalue weighted by Crippen LogP contribution is -2.06. The molecule has 0 aliphatic heterocycles. The summed E-state index contributed by atoms with van der Waals surface area (Å²) >= 11 is 0. The fourth-order valence-electron chi connectivity index (χ4n) is 1.44. The first-order valence-corrected chi connectivity index (χ1v) is 4.53. The molecule has 0 spiro atoms. The molecule has 0 N–H and O–H groups in total. The van der Waals surface area contributed by atoms with Crippen molar-refractivity contribution in [1.29, 1.82) is 0 Å². The van der Waals surface area contributed by atoms with E-state index in [0.717, 1.165) is 6.42 Å². The van der Waals surface area contributed by atoms with Gasteiger partial charge in [0.15, 0.2) is 0 Å². The molecular weight excluding hydrogens is 132 g/mol. The molecule has 0 aromatic heterocycles. The van der Waals surface area contributed by atoms with E-state index in [9.17, 15) is 0 Å². The molecular formula is C11H18. The van der Waals surface area contributed by atoms with Crippen LogP contribution in [0.5, 0.6) is 0 Å². The van der Waals surface area contributed by atoms with Crippen molar-refractivity contribution in [2.24, 2.45) is 5.41 Å². The summed E-state index contributed by atoms with van der Waals surface area (Å²) < 4.78 is 0. The summed E-state index contributed by atoms with van der Waals surface area (Å²) in [5.41, 5.74) is 0.423. The predicted octanol–water partition coefficient (Wildman–Crippen LogP) is 3.70. The molecule has 1 aliphatic carbocycles. The second-order valence-electron chi connectivity index (χ2n) is 3.99. The van der Waals surface area contributed by atoms with Gasteiger partial charge in [-0.1, -0.05) is 38.2 Å². The molecule has 0 saturated carbocycles. The molecule has 0 nitrogen and oxygen atoms in total. The third-order valence-corrected chi connectivity index (χ3v) is 2.20. The molecule has 1 rings (SSSR count). The van der Waals surface area contributed by atoms with Gasteiger partial charge in [-0.25, -0.2) is 0 Å². The topological polar surface area (TPSA) is 0 Å². The lowest BCUT2D eigenvalue weighted by molar-refractivity contribution is 0.424. The molecule has 11 heavy (non-hydrogen) atoms. The molecule has 0 radical (unpaired) electrons. The first-order valence-electron chi connectivity index (χ1n) is 4.53. The standard InChI is InChI=1S/C11H18/c1-11(2)9-7-5-3-4-6-8-10-11/h3-4,7,9H,5-6,8,10H2,1-2H3. The second kappa shape index (κ2) is 3.75. The molecule has 1 aliphatic rings. The van der Waals surface area contributed by atoms with Gasteiger partial charge in [-0.3, -0.25) is 0 Å². The highest BCUT2D eigenvalue weighted by Crippen LogP contribution is 2.25.